The van der Waals surface area contributed by atoms with Crippen LogP contribution in [0.4, 0.5) is 0 Å². The number of hydrogen-bond donors (Lipinski definition) is 1. The van der Waals surface area contributed by atoms with E-state index in [1.165, 1.54) is 18.2 Å². The van der Waals surface area contributed by atoms with Crippen LogP contribution in [0.1, 0.15) is 52.1 Å². The second-order valence-corrected chi connectivity index (χ2v) is 7.60. The average Bonchev–Trinajstić information content (AvgIpc) is 2.71. The van der Waals surface area contributed by atoms with E-state index in [0.717, 1.165) is 5.56 Å². The lowest BCUT2D eigenvalue weighted by Crippen LogP contribution is -2.49. The van der Waals surface area contributed by atoms with Crippen LogP contribution in [0.25, 0.3) is 0 Å². The number of carbonyl (C=O) groups excluding carboxylic acids is 3. The number of ketones is 3. The van der Waals surface area contributed by atoms with Crippen molar-refractivity contribution >= 4 is 17.3 Å². The van der Waals surface area contributed by atoms with Gasteiger partial charge in [0.2, 0.25) is 0 Å². The summed E-state index contributed by atoms with van der Waals surface area (Å²) in [6.07, 6.45) is -1.00. The molecular formula is C23H22O6. The smallest absolute Gasteiger partial charge is 0.173 e. The first-order chi connectivity index (χ1) is 13.9. The summed E-state index contributed by atoms with van der Waals surface area (Å²) in [4.78, 5) is 38.5. The molecule has 0 bridgehead atoms. The molecule has 0 amide bonds. The van der Waals surface area contributed by atoms with Crippen molar-refractivity contribution in [2.45, 2.75) is 32.0 Å². The van der Waals surface area contributed by atoms with Gasteiger partial charge in [0.15, 0.2) is 11.6 Å². The van der Waals surface area contributed by atoms with Crippen LogP contribution in [0.2, 0.25) is 0 Å². The second kappa shape index (κ2) is 7.44. The summed E-state index contributed by atoms with van der Waals surface area (Å²) in [5.41, 5.74) is 1.10. The molecule has 4 atom stereocenters. The van der Waals surface area contributed by atoms with Gasteiger partial charge in [0.1, 0.15) is 17.3 Å². The molecule has 2 aliphatic carbocycles. The van der Waals surface area contributed by atoms with E-state index in [9.17, 15) is 19.5 Å². The zero-order valence-electron chi connectivity index (χ0n) is 16.3. The summed E-state index contributed by atoms with van der Waals surface area (Å²) in [6.45, 7) is 1.84. The molecule has 1 fully saturated rings. The number of hydrogen-bond acceptors (Lipinski definition) is 6. The molecule has 0 aliphatic heterocycles. The normalized spacial score (nSPS) is 24.6. The number of aromatic hydroxyl groups is 1. The number of ether oxygens (including phenoxy) is 2. The van der Waals surface area contributed by atoms with Crippen molar-refractivity contribution in [2.75, 3.05) is 7.11 Å². The summed E-state index contributed by atoms with van der Waals surface area (Å²) in [5, 5.41) is 10.2. The number of rotatable bonds is 4. The van der Waals surface area contributed by atoms with Gasteiger partial charge in [0, 0.05) is 24.3 Å². The number of benzene rings is 2. The molecule has 0 saturated heterocycles. The molecule has 0 unspecified atom stereocenters. The Hall–Kier alpha value is -2.99. The fraction of sp³-hybridized carbons (Fsp3) is 0.348. The van der Waals surface area contributed by atoms with Gasteiger partial charge in [-0.05, 0) is 30.7 Å². The minimum absolute atomic E-state index is 0.0289. The van der Waals surface area contributed by atoms with E-state index in [4.69, 9.17) is 9.47 Å². The van der Waals surface area contributed by atoms with Gasteiger partial charge in [-0.25, -0.2) is 0 Å². The van der Waals surface area contributed by atoms with E-state index >= 15 is 0 Å². The highest BCUT2D eigenvalue weighted by molar-refractivity contribution is 6.18. The van der Waals surface area contributed by atoms with E-state index in [1.54, 1.807) is 7.11 Å². The van der Waals surface area contributed by atoms with Crippen molar-refractivity contribution < 1.29 is 29.0 Å². The summed E-state index contributed by atoms with van der Waals surface area (Å²) in [7, 11) is 1.58. The van der Waals surface area contributed by atoms with Gasteiger partial charge in [-0.3, -0.25) is 14.4 Å². The maximum atomic E-state index is 13.2. The van der Waals surface area contributed by atoms with Crippen molar-refractivity contribution in [1.29, 1.82) is 0 Å². The Morgan fingerprint density at radius 1 is 1.00 bits per heavy atom. The third kappa shape index (κ3) is 3.34. The first kappa shape index (κ1) is 19.3. The van der Waals surface area contributed by atoms with E-state index in [-0.39, 0.29) is 53.2 Å². The average molecular weight is 394 g/mol. The third-order valence-electron chi connectivity index (χ3n) is 5.87. The highest BCUT2D eigenvalue weighted by Crippen LogP contribution is 2.43. The zero-order valence-corrected chi connectivity index (χ0v) is 16.3. The highest BCUT2D eigenvalue weighted by atomic mass is 16.5. The van der Waals surface area contributed by atoms with Gasteiger partial charge in [-0.15, -0.1) is 0 Å². The lowest BCUT2D eigenvalue weighted by atomic mass is 9.65. The van der Waals surface area contributed by atoms with Crippen molar-refractivity contribution in [1.82, 2.24) is 0 Å². The standard InChI is InChI=1S/C23H22O6/c1-12(13-6-8-15(28-2)9-7-13)29-19-11-14(24)10-17-21(19)23(27)20-16(22(17)26)4-3-5-18(20)25/h3-9,12,17,19,21,25H,10-11H2,1-2H3/t12-,17+,19-,21+/m0/s1. The molecular weight excluding hydrogens is 372 g/mol. The predicted octanol–water partition coefficient (Wildman–Crippen LogP) is 3.52. The summed E-state index contributed by atoms with van der Waals surface area (Å²) in [6, 6.07) is 11.8. The van der Waals surface area contributed by atoms with Crippen LogP contribution in [-0.4, -0.2) is 35.7 Å². The maximum absolute atomic E-state index is 13.2. The van der Waals surface area contributed by atoms with Crippen LogP contribution in [0.3, 0.4) is 0 Å². The van der Waals surface area contributed by atoms with Gasteiger partial charge < -0.3 is 14.6 Å². The Bertz CT molecular complexity index is 977. The quantitative estimate of drug-likeness (QED) is 0.853. The third-order valence-corrected chi connectivity index (χ3v) is 5.87. The van der Waals surface area contributed by atoms with Gasteiger partial charge >= 0.3 is 0 Å². The van der Waals surface area contributed by atoms with Crippen molar-refractivity contribution in [3.8, 4) is 11.5 Å². The van der Waals surface area contributed by atoms with Crippen molar-refractivity contribution in [3.05, 3.63) is 59.2 Å². The number of Topliss-reactive ketones (excluding diaryl/α,β-unsaturated/α-hetero) is 3. The van der Waals surface area contributed by atoms with E-state index in [1.807, 2.05) is 31.2 Å². The van der Waals surface area contributed by atoms with Crippen LogP contribution >= 0.6 is 0 Å². The zero-order chi connectivity index (χ0) is 20.7. The van der Waals surface area contributed by atoms with Gasteiger partial charge in [-0.2, -0.15) is 0 Å². The van der Waals surface area contributed by atoms with E-state index in [2.05, 4.69) is 0 Å². The minimum atomic E-state index is -0.776. The molecule has 0 spiro atoms. The largest absolute Gasteiger partial charge is 0.507 e. The Balaban J connectivity index is 1.65. The molecule has 0 aromatic heterocycles. The summed E-state index contributed by atoms with van der Waals surface area (Å²) in [5.74, 6) is -1.72. The van der Waals surface area contributed by atoms with Crippen LogP contribution in [0.5, 0.6) is 11.5 Å². The minimum Gasteiger partial charge on any atom is -0.507 e. The Labute approximate surface area is 168 Å². The predicted molar refractivity (Wildman–Crippen MR) is 104 cm³/mol. The number of fused-ring (bicyclic) bond motifs is 2. The fourth-order valence-electron chi connectivity index (χ4n) is 4.39. The van der Waals surface area contributed by atoms with E-state index < -0.39 is 17.9 Å². The SMILES string of the molecule is COc1ccc([C@H](C)O[C@H]2CC(=O)C[C@H]3C(=O)c4cccc(O)c4C(=O)[C@@H]23)cc1. The molecule has 6 heteroatoms. The van der Waals surface area contributed by atoms with Crippen LogP contribution in [-0.2, 0) is 9.53 Å². The van der Waals surface area contributed by atoms with Crippen LogP contribution < -0.4 is 4.74 Å². The second-order valence-electron chi connectivity index (χ2n) is 7.60. The molecule has 2 aromatic carbocycles. The molecule has 29 heavy (non-hydrogen) atoms. The number of methoxy groups -OCH3 is 1. The van der Waals surface area contributed by atoms with Gasteiger partial charge in [0.05, 0.1) is 30.8 Å². The van der Waals surface area contributed by atoms with Crippen molar-refractivity contribution in [3.63, 3.8) is 0 Å². The lowest BCUT2D eigenvalue weighted by Gasteiger charge is -2.40. The first-order valence-electron chi connectivity index (χ1n) is 9.62. The fourth-order valence-corrected chi connectivity index (χ4v) is 4.39. The number of phenolic OH excluding ortho intramolecular Hbond substituents is 1. The Kier molecular flexibility index (Phi) is 4.96. The number of phenols is 1. The van der Waals surface area contributed by atoms with Gasteiger partial charge in [0.25, 0.3) is 0 Å². The Morgan fingerprint density at radius 2 is 1.72 bits per heavy atom. The van der Waals surface area contributed by atoms with E-state index in [0.29, 0.717) is 5.75 Å². The molecule has 2 aliphatic rings. The lowest BCUT2D eigenvalue weighted by molar-refractivity contribution is -0.131. The molecule has 1 N–H and O–H groups in total. The first-order valence-corrected chi connectivity index (χ1v) is 9.62. The van der Waals surface area contributed by atoms with Crippen LogP contribution in [0.15, 0.2) is 42.5 Å². The molecule has 1 saturated carbocycles. The monoisotopic (exact) mass is 394 g/mol. The summed E-state index contributed by atoms with van der Waals surface area (Å²) >= 11 is 0. The summed E-state index contributed by atoms with van der Waals surface area (Å²) < 4.78 is 11.3. The molecule has 0 radical (unpaired) electrons. The van der Waals surface area contributed by atoms with Crippen molar-refractivity contribution in [2.24, 2.45) is 11.8 Å². The van der Waals surface area contributed by atoms with Gasteiger partial charge in [-0.1, -0.05) is 24.3 Å². The highest BCUT2D eigenvalue weighted by Gasteiger charge is 2.51. The molecule has 6 nitrogen and oxygen atoms in total. The topological polar surface area (TPSA) is 89.9 Å². The van der Waals surface area contributed by atoms with Crippen LogP contribution in [0, 0.1) is 11.8 Å². The molecule has 2 aromatic rings. The maximum Gasteiger partial charge on any atom is 0.173 e. The Morgan fingerprint density at radius 3 is 2.41 bits per heavy atom. The molecule has 150 valence electrons. The molecule has 4 rings (SSSR count). The number of carbonyl (C=O) groups is 3. The molecule has 0 heterocycles.